The highest BCUT2D eigenvalue weighted by Crippen LogP contribution is 2.51. The zero-order valence-corrected chi connectivity index (χ0v) is 8.96. The van der Waals surface area contributed by atoms with Crippen LogP contribution in [0.15, 0.2) is 10.1 Å². The van der Waals surface area contributed by atoms with E-state index in [2.05, 4.69) is 31.9 Å². The number of allylic oxidation sites excluding steroid dienone is 2. The van der Waals surface area contributed by atoms with Crippen LogP contribution in [-0.2, 0) is 0 Å². The van der Waals surface area contributed by atoms with Gasteiger partial charge in [-0.25, -0.2) is 0 Å². The van der Waals surface area contributed by atoms with Gasteiger partial charge in [0, 0.05) is 4.32 Å². The molecule has 0 aromatic heterocycles. The Balaban J connectivity index is 2.28. The van der Waals surface area contributed by atoms with Gasteiger partial charge in [0.15, 0.2) is 0 Å². The van der Waals surface area contributed by atoms with Crippen molar-refractivity contribution in [3.8, 4) is 0 Å². The molecule has 2 rings (SSSR count). The molecule has 2 bridgehead atoms. The van der Waals surface area contributed by atoms with E-state index in [0.717, 1.165) is 0 Å². The van der Waals surface area contributed by atoms with Crippen LogP contribution in [0.4, 0.5) is 0 Å². The Morgan fingerprint density at radius 2 is 2.10 bits per heavy atom. The Morgan fingerprint density at radius 1 is 1.30 bits per heavy atom. The lowest BCUT2D eigenvalue weighted by molar-refractivity contribution is 0.510. The summed E-state index contributed by atoms with van der Waals surface area (Å²) in [4.78, 5) is 0. The summed E-state index contributed by atoms with van der Waals surface area (Å²) in [7, 11) is 0. The second kappa shape index (κ2) is 2.34. The van der Waals surface area contributed by atoms with Crippen LogP contribution in [0, 0.1) is 0 Å². The molecule has 0 N–H and O–H groups in total. The van der Waals surface area contributed by atoms with Crippen molar-refractivity contribution in [2.45, 2.75) is 36.4 Å². The van der Waals surface area contributed by atoms with Crippen LogP contribution in [0.2, 0.25) is 0 Å². The highest BCUT2D eigenvalue weighted by atomic mass is 79.9. The number of fused-ring (bicyclic) bond motifs is 2. The monoisotopic (exact) mass is 264 g/mol. The molecule has 56 valence electrons. The summed E-state index contributed by atoms with van der Waals surface area (Å²) >= 11 is 7.44. The fourth-order valence-electron chi connectivity index (χ4n) is 1.96. The van der Waals surface area contributed by atoms with Crippen LogP contribution in [-0.4, -0.2) is 4.32 Å². The largest absolute Gasteiger partial charge is 0.0846 e. The molecule has 2 aliphatic carbocycles. The van der Waals surface area contributed by atoms with Crippen molar-refractivity contribution < 1.29 is 0 Å². The molecule has 0 aliphatic heterocycles. The topological polar surface area (TPSA) is 0 Å². The smallest absolute Gasteiger partial charge is 0.0340 e. The van der Waals surface area contributed by atoms with Crippen LogP contribution < -0.4 is 0 Å². The number of halogens is 2. The van der Waals surface area contributed by atoms with E-state index in [9.17, 15) is 0 Å². The lowest BCUT2D eigenvalue weighted by atomic mass is 9.91. The molecule has 0 nitrogen and oxygen atoms in total. The summed E-state index contributed by atoms with van der Waals surface area (Å²) in [5, 5.41) is 0. The molecular weight excluding hydrogens is 256 g/mol. The second-order valence-corrected chi connectivity index (χ2v) is 6.01. The molecule has 0 aromatic rings. The van der Waals surface area contributed by atoms with Gasteiger partial charge in [-0.1, -0.05) is 37.4 Å². The number of alkyl halides is 1. The van der Waals surface area contributed by atoms with Crippen LogP contribution in [0.1, 0.15) is 32.1 Å². The van der Waals surface area contributed by atoms with E-state index in [0.29, 0.717) is 4.32 Å². The van der Waals surface area contributed by atoms with Gasteiger partial charge in [0.25, 0.3) is 0 Å². The maximum atomic E-state index is 3.81. The van der Waals surface area contributed by atoms with Crippen molar-refractivity contribution in [2.75, 3.05) is 0 Å². The van der Waals surface area contributed by atoms with Crippen molar-refractivity contribution in [3.05, 3.63) is 10.1 Å². The average Bonchev–Trinajstić information content (AvgIpc) is 2.03. The molecule has 0 spiro atoms. The maximum Gasteiger partial charge on any atom is 0.0340 e. The molecule has 1 atom stereocenters. The summed E-state index contributed by atoms with van der Waals surface area (Å²) in [6, 6.07) is 0. The van der Waals surface area contributed by atoms with E-state index in [1.54, 1.807) is 5.57 Å². The molecule has 10 heavy (non-hydrogen) atoms. The molecule has 0 radical (unpaired) electrons. The Labute approximate surface area is 78.3 Å². The summed E-state index contributed by atoms with van der Waals surface area (Å²) in [5.74, 6) is 0. The average molecular weight is 266 g/mol. The highest BCUT2D eigenvalue weighted by Gasteiger charge is 2.38. The molecular formula is C8H10Br2. The third-order valence-electron chi connectivity index (χ3n) is 2.49. The minimum atomic E-state index is 0.458. The quantitative estimate of drug-likeness (QED) is 0.586. The molecule has 0 amide bonds. The van der Waals surface area contributed by atoms with Gasteiger partial charge in [-0.2, -0.15) is 0 Å². The number of hydrogen-bond acceptors (Lipinski definition) is 0. The summed E-state index contributed by atoms with van der Waals surface area (Å²) in [6.45, 7) is 0. The molecule has 2 aliphatic rings. The minimum absolute atomic E-state index is 0.458. The zero-order valence-electron chi connectivity index (χ0n) is 5.79. The van der Waals surface area contributed by atoms with Gasteiger partial charge in [0.05, 0.1) is 0 Å². The Morgan fingerprint density at radius 3 is 2.70 bits per heavy atom. The van der Waals surface area contributed by atoms with Gasteiger partial charge in [-0.15, -0.1) is 0 Å². The van der Waals surface area contributed by atoms with Gasteiger partial charge in [-0.3, -0.25) is 0 Å². The predicted octanol–water partition coefficient (Wildman–Crippen LogP) is 3.75. The first-order valence-electron chi connectivity index (χ1n) is 3.75. The number of hydrogen-bond donors (Lipinski definition) is 0. The maximum absolute atomic E-state index is 3.81. The lowest BCUT2D eigenvalue weighted by Crippen LogP contribution is -2.19. The van der Waals surface area contributed by atoms with Gasteiger partial charge >= 0.3 is 0 Å². The van der Waals surface area contributed by atoms with Crippen molar-refractivity contribution >= 4 is 31.9 Å². The minimum Gasteiger partial charge on any atom is -0.0846 e. The van der Waals surface area contributed by atoms with E-state index in [1.807, 2.05) is 0 Å². The number of rotatable bonds is 0. The van der Waals surface area contributed by atoms with Gasteiger partial charge in [-0.05, 0) is 36.6 Å². The first-order chi connectivity index (χ1) is 4.70. The van der Waals surface area contributed by atoms with E-state index >= 15 is 0 Å². The van der Waals surface area contributed by atoms with Crippen molar-refractivity contribution in [1.29, 1.82) is 0 Å². The summed E-state index contributed by atoms with van der Waals surface area (Å²) < 4.78 is 1.93. The van der Waals surface area contributed by atoms with Gasteiger partial charge < -0.3 is 0 Å². The van der Waals surface area contributed by atoms with Crippen LogP contribution >= 0.6 is 31.9 Å². The first kappa shape index (κ1) is 7.35. The van der Waals surface area contributed by atoms with E-state index in [-0.39, 0.29) is 0 Å². The molecule has 1 saturated carbocycles. The van der Waals surface area contributed by atoms with Gasteiger partial charge in [0.1, 0.15) is 0 Å². The normalized spacial score (nSPS) is 39.0. The van der Waals surface area contributed by atoms with Crippen molar-refractivity contribution in [3.63, 3.8) is 0 Å². The van der Waals surface area contributed by atoms with Crippen LogP contribution in [0.5, 0.6) is 0 Å². The van der Waals surface area contributed by atoms with Crippen molar-refractivity contribution in [2.24, 2.45) is 0 Å². The van der Waals surface area contributed by atoms with E-state index in [4.69, 9.17) is 0 Å². The molecule has 0 saturated heterocycles. The SMILES string of the molecule is BrC1=C2CCC[C@](Br)(C1)C2. The summed E-state index contributed by atoms with van der Waals surface area (Å²) in [6.07, 6.45) is 6.56. The standard InChI is InChI=1S/C8H10Br2/c9-7-5-8(10)3-1-2-6(7)4-8/h1-5H2/t8-/m1/s1. The van der Waals surface area contributed by atoms with Crippen LogP contribution in [0.3, 0.4) is 0 Å². The molecule has 0 aromatic carbocycles. The first-order valence-corrected chi connectivity index (χ1v) is 5.34. The molecule has 1 fully saturated rings. The van der Waals surface area contributed by atoms with Crippen molar-refractivity contribution in [1.82, 2.24) is 0 Å². The van der Waals surface area contributed by atoms with Gasteiger partial charge in [0.2, 0.25) is 0 Å². The zero-order chi connectivity index (χ0) is 7.19. The van der Waals surface area contributed by atoms with Crippen LogP contribution in [0.25, 0.3) is 0 Å². The predicted molar refractivity (Wildman–Crippen MR) is 50.7 cm³/mol. The fourth-order valence-corrected chi connectivity index (χ4v) is 4.11. The third kappa shape index (κ3) is 1.10. The Hall–Kier alpha value is 0.700. The second-order valence-electron chi connectivity index (χ2n) is 3.37. The summed E-state index contributed by atoms with van der Waals surface area (Å²) in [5.41, 5.74) is 1.66. The molecule has 2 heteroatoms. The molecule has 0 heterocycles. The fraction of sp³-hybridized carbons (Fsp3) is 0.750. The Bertz CT molecular complexity index is 191. The Kier molecular flexibility index (Phi) is 1.72. The third-order valence-corrected chi connectivity index (χ3v) is 4.29. The highest BCUT2D eigenvalue weighted by molar-refractivity contribution is 9.12. The lowest BCUT2D eigenvalue weighted by Gasteiger charge is -2.25. The molecule has 0 unspecified atom stereocenters. The van der Waals surface area contributed by atoms with E-state index < -0.39 is 0 Å². The van der Waals surface area contributed by atoms with E-state index in [1.165, 1.54) is 36.6 Å².